The lowest BCUT2D eigenvalue weighted by molar-refractivity contribution is -0.148. The Morgan fingerprint density at radius 2 is 2.35 bits per heavy atom. The number of amides is 1. The van der Waals surface area contributed by atoms with Gasteiger partial charge in [0.1, 0.15) is 5.54 Å². The zero-order chi connectivity index (χ0) is 16.2. The van der Waals surface area contributed by atoms with E-state index in [9.17, 15) is 9.59 Å². The van der Waals surface area contributed by atoms with Gasteiger partial charge in [-0.2, -0.15) is 0 Å². The van der Waals surface area contributed by atoms with Crippen LogP contribution in [-0.2, 0) is 19.9 Å². The third-order valence-corrected chi connectivity index (χ3v) is 5.90. The molecule has 122 valence electrons. The van der Waals surface area contributed by atoms with Gasteiger partial charge in [0, 0.05) is 21.8 Å². The average Bonchev–Trinajstić information content (AvgIpc) is 3.16. The van der Waals surface area contributed by atoms with Crippen molar-refractivity contribution in [1.82, 2.24) is 4.90 Å². The van der Waals surface area contributed by atoms with Crippen LogP contribution in [0.15, 0.2) is 22.7 Å². The van der Waals surface area contributed by atoms with Crippen LogP contribution in [0.2, 0.25) is 0 Å². The number of nitrogens with one attached hydrogen (secondary N) is 1. The molecule has 23 heavy (non-hydrogen) atoms. The monoisotopic (exact) mass is 378 g/mol. The first kappa shape index (κ1) is 15.1. The van der Waals surface area contributed by atoms with Crippen molar-refractivity contribution in [2.24, 2.45) is 5.92 Å². The summed E-state index contributed by atoms with van der Waals surface area (Å²) >= 11 is 3.51. The van der Waals surface area contributed by atoms with Crippen LogP contribution >= 0.6 is 15.9 Å². The van der Waals surface area contributed by atoms with E-state index in [2.05, 4.69) is 26.1 Å². The summed E-state index contributed by atoms with van der Waals surface area (Å²) in [6, 6.07) is 5.97. The van der Waals surface area contributed by atoms with Crippen molar-refractivity contribution >= 4 is 33.5 Å². The van der Waals surface area contributed by atoms with Crippen molar-refractivity contribution in [2.75, 3.05) is 18.5 Å². The van der Waals surface area contributed by atoms with Gasteiger partial charge in [-0.1, -0.05) is 15.9 Å². The van der Waals surface area contributed by atoms with Crippen LogP contribution in [0.5, 0.6) is 0 Å². The lowest BCUT2D eigenvalue weighted by Crippen LogP contribution is -2.47. The van der Waals surface area contributed by atoms with E-state index in [0.717, 1.165) is 35.1 Å². The number of halogens is 1. The molecule has 1 amide bonds. The molecule has 3 aliphatic heterocycles. The first-order valence-corrected chi connectivity index (χ1v) is 8.92. The molecule has 5 nitrogen and oxygen atoms in total. The van der Waals surface area contributed by atoms with Crippen molar-refractivity contribution in [3.63, 3.8) is 0 Å². The molecule has 2 fully saturated rings. The average molecular weight is 379 g/mol. The van der Waals surface area contributed by atoms with Gasteiger partial charge in [0.2, 0.25) is 5.91 Å². The standard InChI is InChI=1S/C17H19BrN2O3/c1-2-23-15(21)11-9-17(20-7-3-4-14(11)20)12-8-10(18)5-6-13(12)19-16(17)22/h5-6,8,11,14H,2-4,7,9H2,1H3,(H,19,22). The SMILES string of the molecule is CCOC(=O)C1CC2(C(=O)Nc3ccc(Br)cc32)N2CCCC12. The molecule has 1 aromatic rings. The van der Waals surface area contributed by atoms with Crippen LogP contribution in [-0.4, -0.2) is 36.0 Å². The van der Waals surface area contributed by atoms with Crippen LogP contribution in [0.25, 0.3) is 0 Å². The second-order valence-electron chi connectivity index (χ2n) is 6.47. The first-order chi connectivity index (χ1) is 11.1. The van der Waals surface area contributed by atoms with Gasteiger partial charge in [0.25, 0.3) is 0 Å². The van der Waals surface area contributed by atoms with Crippen LogP contribution < -0.4 is 5.32 Å². The summed E-state index contributed by atoms with van der Waals surface area (Å²) in [6.45, 7) is 3.05. The number of fused-ring (bicyclic) bond motifs is 4. The van der Waals surface area contributed by atoms with E-state index in [1.807, 2.05) is 25.1 Å². The Balaban J connectivity index is 1.81. The van der Waals surface area contributed by atoms with Crippen LogP contribution in [0.3, 0.4) is 0 Å². The fraction of sp³-hybridized carbons (Fsp3) is 0.529. The Kier molecular flexibility index (Phi) is 3.50. The van der Waals surface area contributed by atoms with Gasteiger partial charge in [-0.15, -0.1) is 0 Å². The minimum absolute atomic E-state index is 0.00991. The first-order valence-electron chi connectivity index (χ1n) is 8.13. The molecule has 0 aliphatic carbocycles. The van der Waals surface area contributed by atoms with Gasteiger partial charge in [0.05, 0.1) is 12.5 Å². The van der Waals surface area contributed by atoms with Crippen LogP contribution in [0.1, 0.15) is 31.7 Å². The van der Waals surface area contributed by atoms with Crippen molar-refractivity contribution in [2.45, 2.75) is 37.8 Å². The summed E-state index contributed by atoms with van der Waals surface area (Å²) in [5.41, 5.74) is 1.11. The maximum absolute atomic E-state index is 12.9. The summed E-state index contributed by atoms with van der Waals surface area (Å²) in [4.78, 5) is 27.6. The third kappa shape index (κ3) is 2.01. The minimum atomic E-state index is -0.724. The molecule has 1 aromatic carbocycles. The van der Waals surface area contributed by atoms with Crippen LogP contribution in [0.4, 0.5) is 5.69 Å². The van der Waals surface area contributed by atoms with Crippen molar-refractivity contribution < 1.29 is 14.3 Å². The second-order valence-corrected chi connectivity index (χ2v) is 7.39. The molecule has 1 spiro atoms. The van der Waals surface area contributed by atoms with E-state index in [1.165, 1.54) is 0 Å². The highest BCUT2D eigenvalue weighted by molar-refractivity contribution is 9.10. The molecule has 0 bridgehead atoms. The highest BCUT2D eigenvalue weighted by Gasteiger charge is 2.63. The normalized spacial score (nSPS) is 32.0. The molecular weight excluding hydrogens is 360 g/mol. The Morgan fingerprint density at radius 3 is 3.13 bits per heavy atom. The molecule has 1 N–H and O–H groups in total. The number of benzene rings is 1. The quantitative estimate of drug-likeness (QED) is 0.803. The lowest BCUT2D eigenvalue weighted by atomic mass is 9.84. The van der Waals surface area contributed by atoms with Crippen molar-refractivity contribution in [1.29, 1.82) is 0 Å². The molecule has 4 rings (SSSR count). The number of rotatable bonds is 2. The van der Waals surface area contributed by atoms with E-state index < -0.39 is 5.54 Å². The predicted molar refractivity (Wildman–Crippen MR) is 88.9 cm³/mol. The maximum Gasteiger partial charge on any atom is 0.310 e. The highest BCUT2D eigenvalue weighted by Crippen LogP contribution is 2.54. The molecule has 3 atom stereocenters. The van der Waals surface area contributed by atoms with Gasteiger partial charge in [0.15, 0.2) is 0 Å². The van der Waals surface area contributed by atoms with Gasteiger partial charge in [-0.05, 0) is 50.9 Å². The lowest BCUT2D eigenvalue weighted by Gasteiger charge is -2.32. The van der Waals surface area contributed by atoms with Gasteiger partial charge in [-0.25, -0.2) is 0 Å². The van der Waals surface area contributed by atoms with E-state index in [0.29, 0.717) is 13.0 Å². The van der Waals surface area contributed by atoms with Crippen LogP contribution in [0, 0.1) is 5.92 Å². The fourth-order valence-corrected chi connectivity index (χ4v) is 4.91. The summed E-state index contributed by atoms with van der Waals surface area (Å²) in [7, 11) is 0. The number of hydrogen-bond donors (Lipinski definition) is 1. The number of nitrogens with zero attached hydrogens (tertiary/aromatic N) is 1. The summed E-state index contributed by atoms with van der Waals surface area (Å²) in [5, 5.41) is 3.01. The Labute approximate surface area is 143 Å². The van der Waals surface area contributed by atoms with E-state index in [4.69, 9.17) is 4.74 Å². The smallest absolute Gasteiger partial charge is 0.310 e. The topological polar surface area (TPSA) is 58.6 Å². The van der Waals surface area contributed by atoms with Crippen molar-refractivity contribution in [3.05, 3.63) is 28.2 Å². The Morgan fingerprint density at radius 1 is 1.52 bits per heavy atom. The number of anilines is 1. The summed E-state index contributed by atoms with van der Waals surface area (Å²) < 4.78 is 6.22. The highest BCUT2D eigenvalue weighted by atomic mass is 79.9. The zero-order valence-corrected chi connectivity index (χ0v) is 14.6. The number of hydrogen-bond acceptors (Lipinski definition) is 4. The molecule has 6 heteroatoms. The molecule has 3 aliphatic rings. The number of esters is 1. The maximum atomic E-state index is 12.9. The van der Waals surface area contributed by atoms with Gasteiger partial charge >= 0.3 is 5.97 Å². The largest absolute Gasteiger partial charge is 0.466 e. The molecule has 0 radical (unpaired) electrons. The van der Waals surface area contributed by atoms with E-state index >= 15 is 0 Å². The Bertz CT molecular complexity index is 692. The molecule has 0 aromatic heterocycles. The number of carbonyl (C=O) groups is 2. The summed E-state index contributed by atoms with van der Waals surface area (Å²) in [5.74, 6) is -0.407. The number of ether oxygens (including phenoxy) is 1. The fourth-order valence-electron chi connectivity index (χ4n) is 4.55. The molecule has 3 heterocycles. The Hall–Kier alpha value is -1.40. The predicted octanol–water partition coefficient (Wildman–Crippen LogP) is 2.64. The summed E-state index contributed by atoms with van der Waals surface area (Å²) in [6.07, 6.45) is 2.46. The minimum Gasteiger partial charge on any atom is -0.466 e. The molecule has 0 saturated carbocycles. The van der Waals surface area contributed by atoms with E-state index in [-0.39, 0.29) is 23.8 Å². The third-order valence-electron chi connectivity index (χ3n) is 5.41. The van der Waals surface area contributed by atoms with E-state index in [1.54, 1.807) is 0 Å². The van der Waals surface area contributed by atoms with Gasteiger partial charge < -0.3 is 10.1 Å². The number of carbonyl (C=O) groups excluding carboxylic acids is 2. The molecule has 3 unspecified atom stereocenters. The van der Waals surface area contributed by atoms with Gasteiger partial charge in [-0.3, -0.25) is 14.5 Å². The molecule has 2 saturated heterocycles. The molecular formula is C17H19BrN2O3. The zero-order valence-electron chi connectivity index (χ0n) is 13.0. The van der Waals surface area contributed by atoms with Crippen molar-refractivity contribution in [3.8, 4) is 0 Å². The second kappa shape index (κ2) is 5.31.